The molecule has 0 bridgehead atoms. The summed E-state index contributed by atoms with van der Waals surface area (Å²) in [6, 6.07) is 2.17. The lowest BCUT2D eigenvalue weighted by Gasteiger charge is -2.31. The van der Waals surface area contributed by atoms with Gasteiger partial charge in [0.1, 0.15) is 17.6 Å². The zero-order chi connectivity index (χ0) is 22.1. The maximum absolute atomic E-state index is 13.9. The van der Waals surface area contributed by atoms with Crippen LogP contribution in [-0.2, 0) is 24.2 Å². The van der Waals surface area contributed by atoms with Crippen molar-refractivity contribution in [3.05, 3.63) is 59.3 Å². The largest absolute Gasteiger partial charge is 0.491 e. The summed E-state index contributed by atoms with van der Waals surface area (Å²) in [4.78, 5) is 22.6. The molecule has 1 aliphatic heterocycles. The molecule has 2 aromatic heterocycles. The molecule has 0 aliphatic carbocycles. The molecule has 162 valence electrons. The molecule has 4 rings (SSSR count). The van der Waals surface area contributed by atoms with E-state index in [0.29, 0.717) is 35.7 Å². The summed E-state index contributed by atoms with van der Waals surface area (Å²) in [6.07, 6.45) is 6.39. The highest BCUT2D eigenvalue weighted by atomic mass is 19.1. The van der Waals surface area contributed by atoms with Crippen LogP contribution in [0.3, 0.4) is 0 Å². The minimum absolute atomic E-state index is 0.0876. The third-order valence-corrected chi connectivity index (χ3v) is 5.30. The molecule has 0 unspecified atom stereocenters. The van der Waals surface area contributed by atoms with E-state index in [1.807, 2.05) is 25.1 Å². The van der Waals surface area contributed by atoms with Gasteiger partial charge in [-0.05, 0) is 36.6 Å². The van der Waals surface area contributed by atoms with Crippen LogP contribution in [0.4, 0.5) is 20.3 Å². The van der Waals surface area contributed by atoms with E-state index in [4.69, 9.17) is 4.74 Å². The van der Waals surface area contributed by atoms with E-state index in [1.165, 1.54) is 19.2 Å². The molecule has 10 heteroatoms. The number of fused-ring (bicyclic) bond motifs is 1. The molecule has 3 heterocycles. The van der Waals surface area contributed by atoms with Crippen LogP contribution >= 0.6 is 0 Å². The molecule has 31 heavy (non-hydrogen) atoms. The highest BCUT2D eigenvalue weighted by Crippen LogP contribution is 2.28. The molecule has 8 nitrogen and oxygen atoms in total. The number of methoxy groups -OCH3 is 1. The number of hydrogen-bond donors (Lipinski definition) is 1. The standard InChI is InChI=1S/C21H22F2N6O2/c1-12-21(30)26-17-9-24-18(27-20(17)28(12)2)5-4-13-8-25-29(10-13)11-14-6-15(22)19(31-3)16(23)7-14/h6-10,12H,4-5,11H2,1-3H3,(H,26,30)/t12-/m0/s1. The molecule has 1 aromatic carbocycles. The maximum atomic E-state index is 13.9. The zero-order valence-electron chi connectivity index (χ0n) is 17.4. The molecular formula is C21H22F2N6O2. The van der Waals surface area contributed by atoms with Crippen molar-refractivity contribution < 1.29 is 18.3 Å². The van der Waals surface area contributed by atoms with Gasteiger partial charge >= 0.3 is 0 Å². The van der Waals surface area contributed by atoms with Gasteiger partial charge in [0, 0.05) is 19.7 Å². The number of anilines is 2. The lowest BCUT2D eigenvalue weighted by atomic mass is 10.1. The molecular weight excluding hydrogens is 406 g/mol. The van der Waals surface area contributed by atoms with Crippen LogP contribution in [0.15, 0.2) is 30.7 Å². The first-order valence-corrected chi connectivity index (χ1v) is 9.78. The summed E-state index contributed by atoms with van der Waals surface area (Å²) in [5.74, 6) is -0.628. The topological polar surface area (TPSA) is 85.2 Å². The van der Waals surface area contributed by atoms with Crippen molar-refractivity contribution in [2.75, 3.05) is 24.4 Å². The molecule has 0 radical (unpaired) electrons. The maximum Gasteiger partial charge on any atom is 0.246 e. The van der Waals surface area contributed by atoms with Crippen molar-refractivity contribution in [3.63, 3.8) is 0 Å². The second-order valence-corrected chi connectivity index (χ2v) is 7.44. The third-order valence-electron chi connectivity index (χ3n) is 5.30. The average molecular weight is 428 g/mol. The van der Waals surface area contributed by atoms with Gasteiger partial charge in [-0.25, -0.2) is 18.7 Å². The third kappa shape index (κ3) is 4.18. The molecule has 0 saturated carbocycles. The predicted octanol–water partition coefficient (Wildman–Crippen LogP) is 2.57. The minimum atomic E-state index is -0.745. The number of hydrogen-bond acceptors (Lipinski definition) is 6. The van der Waals surface area contributed by atoms with E-state index >= 15 is 0 Å². The molecule has 0 fully saturated rings. The van der Waals surface area contributed by atoms with Gasteiger partial charge in [0.15, 0.2) is 23.2 Å². The number of carbonyl (C=O) groups is 1. The second-order valence-electron chi connectivity index (χ2n) is 7.44. The molecule has 1 aliphatic rings. The Balaban J connectivity index is 1.42. The predicted molar refractivity (Wildman–Crippen MR) is 110 cm³/mol. The zero-order valence-corrected chi connectivity index (χ0v) is 17.4. The number of aryl methyl sites for hydroxylation is 2. The van der Waals surface area contributed by atoms with Gasteiger partial charge in [-0.1, -0.05) is 0 Å². The Morgan fingerprint density at radius 2 is 1.90 bits per heavy atom. The fraction of sp³-hybridized carbons (Fsp3) is 0.333. The first-order valence-electron chi connectivity index (χ1n) is 9.78. The van der Waals surface area contributed by atoms with Crippen molar-refractivity contribution in [1.29, 1.82) is 0 Å². The number of amides is 1. The SMILES string of the molecule is COc1c(F)cc(Cn2cc(CCc3ncc4c(n3)N(C)[C@@H](C)C(=O)N4)cn2)cc1F. The number of halogens is 2. The first kappa shape index (κ1) is 20.7. The van der Waals surface area contributed by atoms with E-state index in [2.05, 4.69) is 20.4 Å². The number of benzene rings is 1. The number of ether oxygens (including phenoxy) is 1. The van der Waals surface area contributed by atoms with Crippen LogP contribution in [0.5, 0.6) is 5.75 Å². The fourth-order valence-electron chi connectivity index (χ4n) is 3.45. The summed E-state index contributed by atoms with van der Waals surface area (Å²) in [7, 11) is 3.05. The van der Waals surface area contributed by atoms with Gasteiger partial charge in [-0.3, -0.25) is 9.48 Å². The molecule has 1 N–H and O–H groups in total. The number of nitrogens with one attached hydrogen (secondary N) is 1. The van der Waals surface area contributed by atoms with Gasteiger partial charge in [0.2, 0.25) is 5.91 Å². The number of rotatable bonds is 6. The summed E-state index contributed by atoms with van der Waals surface area (Å²) < 4.78 is 34.1. The summed E-state index contributed by atoms with van der Waals surface area (Å²) in [5.41, 5.74) is 2.00. The second kappa shape index (κ2) is 8.29. The van der Waals surface area contributed by atoms with Gasteiger partial charge in [0.25, 0.3) is 0 Å². The highest BCUT2D eigenvalue weighted by Gasteiger charge is 2.28. The lowest BCUT2D eigenvalue weighted by molar-refractivity contribution is -0.117. The van der Waals surface area contributed by atoms with Crippen LogP contribution in [0.25, 0.3) is 0 Å². The number of carbonyl (C=O) groups excluding carboxylic acids is 1. The Labute approximate surface area is 177 Å². The van der Waals surface area contributed by atoms with Crippen molar-refractivity contribution >= 4 is 17.4 Å². The lowest BCUT2D eigenvalue weighted by Crippen LogP contribution is -2.44. The van der Waals surface area contributed by atoms with E-state index in [-0.39, 0.29) is 18.5 Å². The normalized spacial score (nSPS) is 15.6. The first-order chi connectivity index (χ1) is 14.9. The quantitative estimate of drug-likeness (QED) is 0.650. The van der Waals surface area contributed by atoms with Crippen molar-refractivity contribution in [2.45, 2.75) is 32.4 Å². The van der Waals surface area contributed by atoms with Crippen molar-refractivity contribution in [2.24, 2.45) is 0 Å². The van der Waals surface area contributed by atoms with Gasteiger partial charge < -0.3 is 15.0 Å². The van der Waals surface area contributed by atoms with E-state index < -0.39 is 17.4 Å². The molecule has 3 aromatic rings. The minimum Gasteiger partial charge on any atom is -0.491 e. The summed E-state index contributed by atoms with van der Waals surface area (Å²) in [5, 5.41) is 7.07. The Morgan fingerprint density at radius 1 is 1.16 bits per heavy atom. The van der Waals surface area contributed by atoms with Crippen LogP contribution < -0.4 is 15.0 Å². The van der Waals surface area contributed by atoms with Gasteiger partial charge in [-0.2, -0.15) is 5.10 Å². The van der Waals surface area contributed by atoms with Crippen LogP contribution in [-0.4, -0.2) is 45.9 Å². The summed E-state index contributed by atoms with van der Waals surface area (Å²) >= 11 is 0. The molecule has 0 saturated heterocycles. The summed E-state index contributed by atoms with van der Waals surface area (Å²) in [6.45, 7) is 2.05. The Morgan fingerprint density at radius 3 is 2.61 bits per heavy atom. The number of aromatic nitrogens is 4. The molecule has 1 atom stereocenters. The smallest absolute Gasteiger partial charge is 0.246 e. The molecule has 1 amide bonds. The fourth-order valence-corrected chi connectivity index (χ4v) is 3.45. The Kier molecular flexibility index (Phi) is 5.53. The molecule has 0 spiro atoms. The number of nitrogens with zero attached hydrogens (tertiary/aromatic N) is 5. The average Bonchev–Trinajstić information content (AvgIpc) is 3.18. The van der Waals surface area contributed by atoms with E-state index in [0.717, 1.165) is 5.56 Å². The van der Waals surface area contributed by atoms with Gasteiger partial charge in [0.05, 0.1) is 26.0 Å². The van der Waals surface area contributed by atoms with Crippen molar-refractivity contribution in [3.8, 4) is 5.75 Å². The Bertz CT molecular complexity index is 1110. The van der Waals surface area contributed by atoms with E-state index in [1.54, 1.807) is 17.1 Å². The van der Waals surface area contributed by atoms with Crippen LogP contribution in [0.1, 0.15) is 23.9 Å². The van der Waals surface area contributed by atoms with Crippen LogP contribution in [0.2, 0.25) is 0 Å². The monoisotopic (exact) mass is 428 g/mol. The van der Waals surface area contributed by atoms with E-state index in [9.17, 15) is 13.6 Å². The van der Waals surface area contributed by atoms with Crippen LogP contribution in [0, 0.1) is 11.6 Å². The Hall–Kier alpha value is -3.56. The van der Waals surface area contributed by atoms with Gasteiger partial charge in [-0.15, -0.1) is 0 Å². The highest BCUT2D eigenvalue weighted by molar-refractivity contribution is 6.02. The number of likely N-dealkylation sites (N-methyl/N-ethyl adjacent to an activating group) is 1. The van der Waals surface area contributed by atoms with Crippen molar-refractivity contribution in [1.82, 2.24) is 19.7 Å².